The highest BCUT2D eigenvalue weighted by atomic mass is 32.1. The van der Waals surface area contributed by atoms with E-state index in [4.69, 9.17) is 9.47 Å². The number of ether oxygens (including phenoxy) is 2. The number of benzene rings is 1. The molecule has 2 aromatic rings. The molecule has 1 aliphatic rings. The molecule has 4 nitrogen and oxygen atoms in total. The fourth-order valence-electron chi connectivity index (χ4n) is 3.13. The molecule has 136 valence electrons. The van der Waals surface area contributed by atoms with E-state index in [1.54, 1.807) is 0 Å². The van der Waals surface area contributed by atoms with E-state index in [0.29, 0.717) is 13.2 Å². The van der Waals surface area contributed by atoms with Gasteiger partial charge in [0.1, 0.15) is 18.5 Å². The van der Waals surface area contributed by atoms with Crippen molar-refractivity contribution in [1.82, 2.24) is 4.90 Å². The maximum Gasteiger partial charge on any atom is 0.119 e. The molecule has 2 atom stereocenters. The van der Waals surface area contributed by atoms with Gasteiger partial charge in [-0.25, -0.2) is 0 Å². The Morgan fingerprint density at radius 1 is 1.28 bits per heavy atom. The SMILES string of the molecule is Cc1ccc(CN(C[C@H](O)COc2ccccc2)C[C@@H]2CCCO2)s1. The highest BCUT2D eigenvalue weighted by molar-refractivity contribution is 7.11. The van der Waals surface area contributed by atoms with Crippen LogP contribution in [0.25, 0.3) is 0 Å². The summed E-state index contributed by atoms with van der Waals surface area (Å²) in [6.07, 6.45) is 2.00. The number of hydrogen-bond acceptors (Lipinski definition) is 5. The highest BCUT2D eigenvalue weighted by Crippen LogP contribution is 2.20. The second-order valence-electron chi connectivity index (χ2n) is 6.62. The first-order valence-corrected chi connectivity index (χ1v) is 9.76. The molecule has 0 amide bonds. The van der Waals surface area contributed by atoms with Crippen LogP contribution in [0.15, 0.2) is 42.5 Å². The number of aryl methyl sites for hydroxylation is 1. The van der Waals surface area contributed by atoms with Gasteiger partial charge in [-0.05, 0) is 44.0 Å². The van der Waals surface area contributed by atoms with E-state index in [-0.39, 0.29) is 6.10 Å². The molecule has 1 aromatic heterocycles. The minimum absolute atomic E-state index is 0.281. The summed E-state index contributed by atoms with van der Waals surface area (Å²) in [6.45, 7) is 5.58. The molecule has 1 aliphatic heterocycles. The maximum atomic E-state index is 10.4. The second kappa shape index (κ2) is 9.34. The van der Waals surface area contributed by atoms with Gasteiger partial charge in [0.15, 0.2) is 0 Å². The lowest BCUT2D eigenvalue weighted by Gasteiger charge is -2.27. The van der Waals surface area contributed by atoms with E-state index in [1.807, 2.05) is 41.7 Å². The lowest BCUT2D eigenvalue weighted by molar-refractivity contribution is 0.0317. The zero-order valence-corrected chi connectivity index (χ0v) is 15.6. The molecular weight excluding hydrogens is 334 g/mol. The lowest BCUT2D eigenvalue weighted by Crippen LogP contribution is -2.39. The van der Waals surface area contributed by atoms with E-state index < -0.39 is 6.10 Å². The van der Waals surface area contributed by atoms with Gasteiger partial charge in [-0.2, -0.15) is 0 Å². The summed E-state index contributed by atoms with van der Waals surface area (Å²) in [5.74, 6) is 0.793. The van der Waals surface area contributed by atoms with Crippen LogP contribution in [-0.2, 0) is 11.3 Å². The van der Waals surface area contributed by atoms with Crippen LogP contribution >= 0.6 is 11.3 Å². The van der Waals surface area contributed by atoms with E-state index in [2.05, 4.69) is 24.0 Å². The van der Waals surface area contributed by atoms with Gasteiger partial charge in [0.25, 0.3) is 0 Å². The van der Waals surface area contributed by atoms with Crippen LogP contribution in [0.5, 0.6) is 5.75 Å². The number of aliphatic hydroxyl groups excluding tert-OH is 1. The molecule has 25 heavy (non-hydrogen) atoms. The lowest BCUT2D eigenvalue weighted by atomic mass is 10.2. The number of para-hydroxylation sites is 1. The van der Waals surface area contributed by atoms with Crippen LogP contribution in [0.1, 0.15) is 22.6 Å². The topological polar surface area (TPSA) is 41.9 Å². The van der Waals surface area contributed by atoms with Crippen LogP contribution in [0.4, 0.5) is 0 Å². The molecule has 0 spiro atoms. The number of thiophene rings is 1. The quantitative estimate of drug-likeness (QED) is 0.742. The Morgan fingerprint density at radius 2 is 2.12 bits per heavy atom. The van der Waals surface area contributed by atoms with Gasteiger partial charge in [-0.15, -0.1) is 11.3 Å². The third-order valence-electron chi connectivity index (χ3n) is 4.32. The molecule has 0 saturated carbocycles. The molecule has 1 N–H and O–H groups in total. The average molecular weight is 362 g/mol. The zero-order valence-electron chi connectivity index (χ0n) is 14.8. The Balaban J connectivity index is 1.53. The standard InChI is InChI=1S/C20H27NO3S/c1-16-9-10-20(25-16)14-21(13-19-8-5-11-23-19)12-17(22)15-24-18-6-3-2-4-7-18/h2-4,6-7,9-10,17,19,22H,5,8,11-15H2,1H3/t17-,19-/m0/s1. The minimum atomic E-state index is -0.525. The van der Waals surface area contributed by atoms with Crippen molar-refractivity contribution >= 4 is 11.3 Å². The summed E-state index contributed by atoms with van der Waals surface area (Å²) in [4.78, 5) is 4.94. The van der Waals surface area contributed by atoms with Gasteiger partial charge in [0, 0.05) is 36.0 Å². The molecule has 3 rings (SSSR count). The van der Waals surface area contributed by atoms with Crippen molar-refractivity contribution in [2.24, 2.45) is 0 Å². The van der Waals surface area contributed by atoms with E-state index in [1.165, 1.54) is 9.75 Å². The van der Waals surface area contributed by atoms with Crippen molar-refractivity contribution in [1.29, 1.82) is 0 Å². The Labute approximate surface area is 154 Å². The Bertz CT molecular complexity index is 625. The molecule has 0 radical (unpaired) electrons. The fraction of sp³-hybridized carbons (Fsp3) is 0.500. The summed E-state index contributed by atoms with van der Waals surface area (Å²) >= 11 is 1.82. The number of hydrogen-bond donors (Lipinski definition) is 1. The van der Waals surface area contributed by atoms with E-state index in [0.717, 1.165) is 38.3 Å². The molecule has 0 unspecified atom stereocenters. The van der Waals surface area contributed by atoms with Crippen molar-refractivity contribution in [3.8, 4) is 5.75 Å². The Kier molecular flexibility index (Phi) is 6.87. The smallest absolute Gasteiger partial charge is 0.119 e. The summed E-state index contributed by atoms with van der Waals surface area (Å²) in [6, 6.07) is 14.0. The third kappa shape index (κ3) is 6.12. The summed E-state index contributed by atoms with van der Waals surface area (Å²) < 4.78 is 11.5. The summed E-state index contributed by atoms with van der Waals surface area (Å²) in [5.41, 5.74) is 0. The predicted octanol–water partition coefficient (Wildman–Crippen LogP) is 3.48. The van der Waals surface area contributed by atoms with Gasteiger partial charge in [-0.1, -0.05) is 18.2 Å². The molecule has 1 fully saturated rings. The fourth-order valence-corrected chi connectivity index (χ4v) is 4.06. The van der Waals surface area contributed by atoms with E-state index >= 15 is 0 Å². The monoisotopic (exact) mass is 361 g/mol. The number of nitrogens with zero attached hydrogens (tertiary/aromatic N) is 1. The van der Waals surface area contributed by atoms with Crippen LogP contribution in [0.3, 0.4) is 0 Å². The van der Waals surface area contributed by atoms with Gasteiger partial charge in [-0.3, -0.25) is 4.90 Å². The van der Waals surface area contributed by atoms with Crippen molar-refractivity contribution in [2.75, 3.05) is 26.3 Å². The van der Waals surface area contributed by atoms with Gasteiger partial charge in [0.2, 0.25) is 0 Å². The predicted molar refractivity (Wildman–Crippen MR) is 101 cm³/mol. The molecule has 2 heterocycles. The van der Waals surface area contributed by atoms with Gasteiger partial charge < -0.3 is 14.6 Å². The summed E-state index contributed by atoms with van der Waals surface area (Å²) in [7, 11) is 0. The van der Waals surface area contributed by atoms with Crippen molar-refractivity contribution < 1.29 is 14.6 Å². The summed E-state index contributed by atoms with van der Waals surface area (Å²) in [5, 5.41) is 10.4. The zero-order chi connectivity index (χ0) is 17.5. The van der Waals surface area contributed by atoms with E-state index in [9.17, 15) is 5.11 Å². The van der Waals surface area contributed by atoms with Crippen molar-refractivity contribution in [3.05, 3.63) is 52.2 Å². The minimum Gasteiger partial charge on any atom is -0.491 e. The molecule has 1 saturated heterocycles. The number of aliphatic hydroxyl groups is 1. The highest BCUT2D eigenvalue weighted by Gasteiger charge is 2.21. The van der Waals surface area contributed by atoms with Crippen molar-refractivity contribution in [2.45, 2.75) is 38.5 Å². The van der Waals surface area contributed by atoms with Gasteiger partial charge in [0.05, 0.1) is 6.10 Å². The maximum absolute atomic E-state index is 10.4. The normalized spacial score (nSPS) is 18.6. The largest absolute Gasteiger partial charge is 0.491 e. The third-order valence-corrected chi connectivity index (χ3v) is 5.30. The van der Waals surface area contributed by atoms with Crippen LogP contribution in [0.2, 0.25) is 0 Å². The van der Waals surface area contributed by atoms with Crippen LogP contribution in [0, 0.1) is 6.92 Å². The number of rotatable bonds is 9. The molecule has 0 aliphatic carbocycles. The molecular formula is C20H27NO3S. The van der Waals surface area contributed by atoms with Crippen molar-refractivity contribution in [3.63, 3.8) is 0 Å². The van der Waals surface area contributed by atoms with Gasteiger partial charge >= 0.3 is 0 Å². The molecule has 5 heteroatoms. The van der Waals surface area contributed by atoms with Crippen LogP contribution < -0.4 is 4.74 Å². The Morgan fingerprint density at radius 3 is 2.80 bits per heavy atom. The molecule has 1 aromatic carbocycles. The van der Waals surface area contributed by atoms with Crippen LogP contribution in [-0.4, -0.2) is 48.5 Å². The average Bonchev–Trinajstić information content (AvgIpc) is 3.26. The molecule has 0 bridgehead atoms. The second-order valence-corrected chi connectivity index (χ2v) is 7.99. The first-order valence-electron chi connectivity index (χ1n) is 8.94. The first-order chi connectivity index (χ1) is 12.2. The first kappa shape index (κ1) is 18.4. The Hall–Kier alpha value is -1.40.